The first kappa shape index (κ1) is 12.8. The molecule has 1 unspecified atom stereocenters. The van der Waals surface area contributed by atoms with Gasteiger partial charge < -0.3 is 4.98 Å². The molecule has 0 spiro atoms. The Morgan fingerprint density at radius 3 is 2.70 bits per heavy atom. The number of Topliss-reactive ketones (excluding diaryl/α,β-unsaturated/α-hetero) is 1. The third-order valence-corrected chi connectivity index (χ3v) is 4.01. The number of ketones is 1. The van der Waals surface area contributed by atoms with Crippen LogP contribution in [0.1, 0.15) is 15.9 Å². The van der Waals surface area contributed by atoms with Crippen LogP contribution in [0.4, 0.5) is 5.69 Å². The predicted molar refractivity (Wildman–Crippen MR) is 76.7 cm³/mol. The average Bonchev–Trinajstić information content (AvgIpc) is 2.74. The van der Waals surface area contributed by atoms with Gasteiger partial charge in [0.2, 0.25) is 11.3 Å². The van der Waals surface area contributed by atoms with Gasteiger partial charge in [0.05, 0.1) is 16.3 Å². The molecule has 100 valence electrons. The fourth-order valence-corrected chi connectivity index (χ4v) is 3.11. The summed E-state index contributed by atoms with van der Waals surface area (Å²) in [5, 5.41) is 8.10. The first-order valence-corrected chi connectivity index (χ1v) is 6.94. The number of pyridine rings is 1. The van der Waals surface area contributed by atoms with Crippen LogP contribution in [0.3, 0.4) is 0 Å². The normalized spacial score (nSPS) is 17.6. The van der Waals surface area contributed by atoms with Crippen molar-refractivity contribution in [1.29, 1.82) is 0 Å². The van der Waals surface area contributed by atoms with Crippen molar-refractivity contribution in [3.05, 3.63) is 57.9 Å². The number of carbonyl (C=O) groups excluding carboxylic acids is 1. The van der Waals surface area contributed by atoms with Gasteiger partial charge in [-0.05, 0) is 24.6 Å². The van der Waals surface area contributed by atoms with Gasteiger partial charge in [0.1, 0.15) is 0 Å². The van der Waals surface area contributed by atoms with Crippen LogP contribution in [0, 0.1) is 6.92 Å². The summed E-state index contributed by atoms with van der Waals surface area (Å²) in [5.41, 5.74) is 1.72. The van der Waals surface area contributed by atoms with Gasteiger partial charge in [0, 0.05) is 6.07 Å². The van der Waals surface area contributed by atoms with Crippen molar-refractivity contribution in [3.8, 4) is 0 Å². The average molecular weight is 285 g/mol. The monoisotopic (exact) mass is 285 g/mol. The molecule has 1 N–H and O–H groups in total. The Morgan fingerprint density at radius 1 is 1.20 bits per heavy atom. The Morgan fingerprint density at radius 2 is 1.95 bits per heavy atom. The number of aryl methyl sites for hydroxylation is 1. The van der Waals surface area contributed by atoms with Crippen LogP contribution in [-0.4, -0.2) is 16.1 Å². The molecule has 0 bridgehead atoms. The van der Waals surface area contributed by atoms with E-state index in [1.165, 1.54) is 17.8 Å². The van der Waals surface area contributed by atoms with Gasteiger partial charge in [-0.1, -0.05) is 30.0 Å². The second kappa shape index (κ2) is 5.05. The summed E-state index contributed by atoms with van der Waals surface area (Å²) in [7, 11) is 0. The van der Waals surface area contributed by atoms with Crippen LogP contribution in [0.5, 0.6) is 0 Å². The van der Waals surface area contributed by atoms with E-state index >= 15 is 0 Å². The van der Waals surface area contributed by atoms with Gasteiger partial charge in [0.15, 0.2) is 5.37 Å². The lowest BCUT2D eigenvalue weighted by Gasteiger charge is -1.99. The largest absolute Gasteiger partial charge is 0.316 e. The molecule has 3 rings (SSSR count). The first-order valence-electron chi connectivity index (χ1n) is 6.06. The van der Waals surface area contributed by atoms with Crippen LogP contribution in [0.15, 0.2) is 56.4 Å². The zero-order valence-corrected chi connectivity index (χ0v) is 11.5. The van der Waals surface area contributed by atoms with Crippen molar-refractivity contribution in [3.63, 3.8) is 0 Å². The zero-order valence-electron chi connectivity index (χ0n) is 10.7. The van der Waals surface area contributed by atoms with E-state index in [0.717, 1.165) is 0 Å². The zero-order chi connectivity index (χ0) is 14.1. The second-order valence-electron chi connectivity index (χ2n) is 4.41. The highest BCUT2D eigenvalue weighted by Crippen LogP contribution is 2.37. The summed E-state index contributed by atoms with van der Waals surface area (Å²) in [6.07, 6.45) is 0. The number of aromatic nitrogens is 1. The highest BCUT2D eigenvalue weighted by atomic mass is 32.2. The summed E-state index contributed by atoms with van der Waals surface area (Å²) in [5.74, 6) is -0.113. The van der Waals surface area contributed by atoms with Crippen molar-refractivity contribution in [2.75, 3.05) is 0 Å². The number of H-pyrrole nitrogens is 1. The first-order chi connectivity index (χ1) is 9.65. The maximum Gasteiger partial charge on any atom is 0.249 e. The third-order valence-electron chi connectivity index (χ3n) is 2.94. The minimum atomic E-state index is -0.623. The highest BCUT2D eigenvalue weighted by Gasteiger charge is 2.34. The molecule has 0 saturated heterocycles. The van der Waals surface area contributed by atoms with Gasteiger partial charge in [0.25, 0.3) is 0 Å². The van der Waals surface area contributed by atoms with Crippen LogP contribution in [0.2, 0.25) is 0 Å². The lowest BCUT2D eigenvalue weighted by atomic mass is 10.1. The number of nitrogens with one attached hydrogen (secondary N) is 1. The number of rotatable bonds is 2. The fourth-order valence-electron chi connectivity index (χ4n) is 2.03. The summed E-state index contributed by atoms with van der Waals surface area (Å²) in [4.78, 5) is 26.3. The van der Waals surface area contributed by atoms with E-state index in [0.29, 0.717) is 21.8 Å². The molecule has 0 fully saturated rings. The lowest BCUT2D eigenvalue weighted by molar-refractivity contribution is 0.0991. The van der Waals surface area contributed by atoms with Crippen LogP contribution < -0.4 is 5.56 Å². The molecule has 0 saturated carbocycles. The minimum Gasteiger partial charge on any atom is -0.316 e. The number of fused-ring (bicyclic) bond motifs is 1. The quantitative estimate of drug-likeness (QED) is 0.861. The number of hydrogen-bond donors (Lipinski definition) is 1. The predicted octanol–water partition coefficient (Wildman–Crippen LogP) is 3.08. The van der Waals surface area contributed by atoms with Crippen molar-refractivity contribution < 1.29 is 4.79 Å². The smallest absolute Gasteiger partial charge is 0.249 e. The molecule has 2 heterocycles. The number of benzene rings is 1. The highest BCUT2D eigenvalue weighted by molar-refractivity contribution is 8.01. The van der Waals surface area contributed by atoms with E-state index in [-0.39, 0.29) is 11.3 Å². The number of aromatic amines is 1. The van der Waals surface area contributed by atoms with Gasteiger partial charge in [-0.3, -0.25) is 9.59 Å². The molecule has 1 atom stereocenters. The van der Waals surface area contributed by atoms with E-state index in [9.17, 15) is 9.59 Å². The van der Waals surface area contributed by atoms with Crippen molar-refractivity contribution in [2.24, 2.45) is 10.2 Å². The van der Waals surface area contributed by atoms with Crippen molar-refractivity contribution >= 4 is 23.2 Å². The number of azo groups is 1. The Labute approximate surface area is 119 Å². The van der Waals surface area contributed by atoms with E-state index in [2.05, 4.69) is 15.2 Å². The lowest BCUT2D eigenvalue weighted by Crippen LogP contribution is -2.12. The molecule has 0 radical (unpaired) electrons. The number of hydrogen-bond acceptors (Lipinski definition) is 5. The van der Waals surface area contributed by atoms with Crippen molar-refractivity contribution in [1.82, 2.24) is 4.98 Å². The molecule has 20 heavy (non-hydrogen) atoms. The molecule has 1 aliphatic rings. The van der Waals surface area contributed by atoms with Crippen LogP contribution in [-0.2, 0) is 0 Å². The van der Waals surface area contributed by atoms with Crippen LogP contribution >= 0.6 is 11.8 Å². The summed E-state index contributed by atoms with van der Waals surface area (Å²) >= 11 is 1.23. The van der Waals surface area contributed by atoms with E-state index < -0.39 is 5.37 Å². The Kier molecular flexibility index (Phi) is 3.23. The maximum absolute atomic E-state index is 12.3. The van der Waals surface area contributed by atoms with Crippen LogP contribution in [0.25, 0.3) is 0 Å². The second-order valence-corrected chi connectivity index (χ2v) is 5.50. The minimum absolute atomic E-state index is 0.113. The standard InChI is InChI=1S/C14H11N3O2S/c1-8-7-10(18)15-13-11(8)12(19)14(20-13)17-16-9-5-3-2-4-6-9/h2-7,14H,1H3,(H,15,18). The molecule has 1 aromatic heterocycles. The summed E-state index contributed by atoms with van der Waals surface area (Å²) < 4.78 is 0. The molecular weight excluding hydrogens is 274 g/mol. The molecule has 2 aromatic rings. The Hall–Kier alpha value is -2.21. The van der Waals surface area contributed by atoms with E-state index in [4.69, 9.17) is 0 Å². The molecule has 1 aromatic carbocycles. The van der Waals surface area contributed by atoms with Gasteiger partial charge in [-0.2, -0.15) is 10.2 Å². The topological polar surface area (TPSA) is 74.7 Å². The molecule has 0 aliphatic carbocycles. The van der Waals surface area contributed by atoms with E-state index in [1.54, 1.807) is 6.92 Å². The maximum atomic E-state index is 12.3. The number of carbonyl (C=O) groups is 1. The van der Waals surface area contributed by atoms with Gasteiger partial charge in [-0.25, -0.2) is 0 Å². The van der Waals surface area contributed by atoms with Gasteiger partial charge in [-0.15, -0.1) is 0 Å². The molecule has 0 amide bonds. The molecular formula is C14H11N3O2S. The SMILES string of the molecule is Cc1cc(=O)[nH]c2c1C(=O)C(N=Nc1ccccc1)S2. The fraction of sp³-hybridized carbons (Fsp3) is 0.143. The van der Waals surface area contributed by atoms with E-state index in [1.807, 2.05) is 30.3 Å². The third kappa shape index (κ3) is 2.30. The summed E-state index contributed by atoms with van der Waals surface area (Å²) in [6, 6.07) is 10.6. The summed E-state index contributed by atoms with van der Waals surface area (Å²) in [6.45, 7) is 1.75. The molecule has 6 heteroatoms. The Bertz CT molecular complexity index is 753. The number of thioether (sulfide) groups is 1. The van der Waals surface area contributed by atoms with Crippen molar-refractivity contribution in [2.45, 2.75) is 17.3 Å². The molecule has 1 aliphatic heterocycles. The number of nitrogens with zero attached hydrogens (tertiary/aromatic N) is 2. The van der Waals surface area contributed by atoms with Gasteiger partial charge >= 0.3 is 0 Å². The molecule has 5 nitrogen and oxygen atoms in total. The Balaban J connectivity index is 1.89.